The molecule has 3 rings (SSSR count). The van der Waals surface area contributed by atoms with Crippen LogP contribution in [0.4, 0.5) is 4.39 Å². The Morgan fingerprint density at radius 1 is 1.09 bits per heavy atom. The molecule has 1 aromatic heterocycles. The molecule has 0 fully saturated rings. The summed E-state index contributed by atoms with van der Waals surface area (Å²) in [6.07, 6.45) is 0.911. The van der Waals surface area contributed by atoms with Gasteiger partial charge in [-0.2, -0.15) is 0 Å². The van der Waals surface area contributed by atoms with Crippen LogP contribution in [0.3, 0.4) is 0 Å². The summed E-state index contributed by atoms with van der Waals surface area (Å²) in [7, 11) is -3.82. The van der Waals surface area contributed by atoms with E-state index in [9.17, 15) is 17.6 Å². The van der Waals surface area contributed by atoms with Gasteiger partial charge in [-0.15, -0.1) is 0 Å². The quantitative estimate of drug-likeness (QED) is 0.785. The first-order chi connectivity index (χ1) is 10.4. The topological polar surface area (TPSA) is 79.9 Å². The van der Waals surface area contributed by atoms with Gasteiger partial charge in [0.15, 0.2) is 9.84 Å². The zero-order chi connectivity index (χ0) is 15.9. The molecule has 0 aliphatic rings. The van der Waals surface area contributed by atoms with Gasteiger partial charge in [-0.25, -0.2) is 17.8 Å². The summed E-state index contributed by atoms with van der Waals surface area (Å²) in [6, 6.07) is 10.5. The van der Waals surface area contributed by atoms with Crippen LogP contribution in [0.2, 0.25) is 0 Å². The number of sulfone groups is 1. The van der Waals surface area contributed by atoms with Gasteiger partial charge >= 0.3 is 0 Å². The zero-order valence-corrected chi connectivity index (χ0v) is 12.3. The second kappa shape index (κ2) is 5.03. The molecule has 0 bridgehead atoms. The summed E-state index contributed by atoms with van der Waals surface area (Å²) in [6.45, 7) is 0. The highest BCUT2D eigenvalue weighted by atomic mass is 32.2. The van der Waals surface area contributed by atoms with E-state index in [2.05, 4.69) is 9.97 Å². The van der Waals surface area contributed by atoms with E-state index in [4.69, 9.17) is 0 Å². The normalized spacial score (nSPS) is 11.7. The Labute approximate surface area is 125 Å². The average molecular weight is 318 g/mol. The third kappa shape index (κ3) is 2.39. The molecule has 3 aromatic rings. The Balaban J connectivity index is 2.39. The van der Waals surface area contributed by atoms with Gasteiger partial charge in [0.25, 0.3) is 5.56 Å². The minimum Gasteiger partial charge on any atom is -0.306 e. The largest absolute Gasteiger partial charge is 0.306 e. The van der Waals surface area contributed by atoms with Gasteiger partial charge in [-0.3, -0.25) is 4.79 Å². The predicted molar refractivity (Wildman–Crippen MR) is 80.9 cm³/mol. The molecule has 0 radical (unpaired) electrons. The molecule has 0 atom stereocenters. The van der Waals surface area contributed by atoms with Crippen molar-refractivity contribution in [2.24, 2.45) is 0 Å². The first kappa shape index (κ1) is 14.4. The molecule has 0 saturated carbocycles. The van der Waals surface area contributed by atoms with Crippen molar-refractivity contribution in [3.63, 3.8) is 0 Å². The van der Waals surface area contributed by atoms with E-state index >= 15 is 0 Å². The molecular weight excluding hydrogens is 307 g/mol. The monoisotopic (exact) mass is 318 g/mol. The fraction of sp³-hybridized carbons (Fsp3) is 0.0667. The van der Waals surface area contributed by atoms with E-state index in [-0.39, 0.29) is 11.4 Å². The summed E-state index contributed by atoms with van der Waals surface area (Å²) in [5.74, 6) is -0.862. The van der Waals surface area contributed by atoms with Crippen LogP contribution in [0.25, 0.3) is 22.3 Å². The van der Waals surface area contributed by atoms with Crippen LogP contribution in [-0.4, -0.2) is 24.6 Å². The third-order valence-electron chi connectivity index (χ3n) is 3.21. The van der Waals surface area contributed by atoms with Gasteiger partial charge in [-0.1, -0.05) is 18.2 Å². The van der Waals surface area contributed by atoms with Crippen molar-refractivity contribution in [2.75, 3.05) is 6.26 Å². The molecule has 2 aromatic carbocycles. The number of nitrogens with one attached hydrogen (secondary N) is 1. The fourth-order valence-electron chi connectivity index (χ4n) is 2.29. The number of fused-ring (bicyclic) bond motifs is 1. The maximum absolute atomic E-state index is 13.9. The summed E-state index contributed by atoms with van der Waals surface area (Å²) in [5.41, 5.74) is 0.0274. The maximum atomic E-state index is 13.9. The minimum atomic E-state index is -3.82. The average Bonchev–Trinajstić information content (AvgIpc) is 2.45. The van der Waals surface area contributed by atoms with Crippen LogP contribution in [0.1, 0.15) is 0 Å². The smallest absolute Gasteiger partial charge is 0.259 e. The number of hydrogen-bond donors (Lipinski definition) is 1. The fourth-order valence-corrected chi connectivity index (χ4v) is 3.27. The number of H-pyrrole nitrogens is 1. The second-order valence-electron chi connectivity index (χ2n) is 4.82. The lowest BCUT2D eigenvalue weighted by Gasteiger charge is -2.09. The van der Waals surface area contributed by atoms with Crippen LogP contribution in [0, 0.1) is 5.82 Å². The Hall–Kier alpha value is -2.54. The Kier molecular flexibility index (Phi) is 3.29. The van der Waals surface area contributed by atoms with Gasteiger partial charge in [-0.05, 0) is 24.3 Å². The van der Waals surface area contributed by atoms with E-state index in [1.165, 1.54) is 12.1 Å². The summed E-state index contributed by atoms with van der Waals surface area (Å²) < 4.78 is 37.6. The first-order valence-corrected chi connectivity index (χ1v) is 8.25. The van der Waals surface area contributed by atoms with E-state index in [0.717, 1.165) is 12.3 Å². The van der Waals surface area contributed by atoms with Gasteiger partial charge in [0, 0.05) is 11.8 Å². The Bertz CT molecular complexity index is 1040. The molecule has 0 spiro atoms. The number of aromatic amines is 1. The summed E-state index contributed by atoms with van der Waals surface area (Å²) >= 11 is 0. The zero-order valence-electron chi connectivity index (χ0n) is 11.5. The lowest BCUT2D eigenvalue weighted by Crippen LogP contribution is -2.11. The van der Waals surface area contributed by atoms with E-state index in [1.54, 1.807) is 24.3 Å². The molecule has 22 heavy (non-hydrogen) atoms. The molecule has 0 unspecified atom stereocenters. The van der Waals surface area contributed by atoms with Crippen molar-refractivity contribution in [1.82, 2.24) is 9.97 Å². The number of hydrogen-bond acceptors (Lipinski definition) is 4. The molecule has 1 heterocycles. The van der Waals surface area contributed by atoms with Crippen molar-refractivity contribution in [1.29, 1.82) is 0 Å². The molecular formula is C15H11FN2O3S. The highest BCUT2D eigenvalue weighted by Crippen LogP contribution is 2.27. The number of aromatic nitrogens is 2. The number of rotatable bonds is 2. The van der Waals surface area contributed by atoms with Crippen molar-refractivity contribution >= 4 is 20.7 Å². The number of nitrogens with zero attached hydrogens (tertiary/aromatic N) is 1. The van der Waals surface area contributed by atoms with Crippen molar-refractivity contribution < 1.29 is 12.8 Å². The summed E-state index contributed by atoms with van der Waals surface area (Å²) in [5, 5.41) is 0.378. The lowest BCUT2D eigenvalue weighted by molar-refractivity contribution is 0.571. The molecule has 0 amide bonds. The first-order valence-electron chi connectivity index (χ1n) is 6.36. The summed E-state index contributed by atoms with van der Waals surface area (Å²) in [4.78, 5) is 18.3. The molecule has 7 heteroatoms. The van der Waals surface area contributed by atoms with E-state index in [0.29, 0.717) is 10.9 Å². The Morgan fingerprint density at radius 3 is 2.55 bits per heavy atom. The third-order valence-corrected chi connectivity index (χ3v) is 4.36. The SMILES string of the molecule is CS(=O)(=O)c1c(F)cccc1-c1nc2ccccc2c(=O)[nH]1. The Morgan fingerprint density at radius 2 is 1.82 bits per heavy atom. The number of para-hydroxylation sites is 1. The van der Waals surface area contributed by atoms with E-state index in [1.807, 2.05) is 0 Å². The van der Waals surface area contributed by atoms with Crippen molar-refractivity contribution in [3.8, 4) is 11.4 Å². The van der Waals surface area contributed by atoms with Crippen LogP contribution < -0.4 is 5.56 Å². The van der Waals surface area contributed by atoms with Crippen molar-refractivity contribution in [2.45, 2.75) is 4.90 Å². The molecule has 1 N–H and O–H groups in total. The molecule has 0 saturated heterocycles. The van der Waals surface area contributed by atoms with Crippen LogP contribution in [-0.2, 0) is 9.84 Å². The highest BCUT2D eigenvalue weighted by Gasteiger charge is 2.21. The number of halogens is 1. The molecule has 0 aliphatic heterocycles. The van der Waals surface area contributed by atoms with E-state index < -0.39 is 26.1 Å². The lowest BCUT2D eigenvalue weighted by atomic mass is 10.2. The van der Waals surface area contributed by atoms with Gasteiger partial charge in [0.05, 0.1) is 10.9 Å². The van der Waals surface area contributed by atoms with Crippen LogP contribution >= 0.6 is 0 Å². The van der Waals surface area contributed by atoms with Crippen LogP contribution in [0.5, 0.6) is 0 Å². The predicted octanol–water partition coefficient (Wildman–Crippen LogP) is 2.13. The molecule has 0 aliphatic carbocycles. The number of benzene rings is 2. The highest BCUT2D eigenvalue weighted by molar-refractivity contribution is 7.90. The minimum absolute atomic E-state index is 0.0172. The van der Waals surface area contributed by atoms with Crippen LogP contribution in [0.15, 0.2) is 52.2 Å². The molecule has 112 valence electrons. The van der Waals surface area contributed by atoms with Gasteiger partial charge in [0.1, 0.15) is 16.5 Å². The maximum Gasteiger partial charge on any atom is 0.259 e. The standard InChI is InChI=1S/C15H11FN2O3S/c1-22(20,21)13-10(6-4-7-11(13)16)14-17-12-8-3-2-5-9(12)15(19)18-14/h2-8H,1H3,(H,17,18,19). The van der Waals surface area contributed by atoms with Gasteiger partial charge < -0.3 is 4.98 Å². The van der Waals surface area contributed by atoms with Crippen molar-refractivity contribution in [3.05, 3.63) is 58.6 Å². The molecule has 5 nitrogen and oxygen atoms in total. The second-order valence-corrected chi connectivity index (χ2v) is 6.77. The van der Waals surface area contributed by atoms with Gasteiger partial charge in [0.2, 0.25) is 0 Å².